The Labute approximate surface area is 109 Å². The zero-order valence-corrected chi connectivity index (χ0v) is 10.7. The number of hydrogen-bond acceptors (Lipinski definition) is 5. The van der Waals surface area contributed by atoms with Crippen molar-refractivity contribution < 1.29 is 13.5 Å². The molecule has 1 aromatic heterocycles. The van der Waals surface area contributed by atoms with Gasteiger partial charge in [-0.1, -0.05) is 12.1 Å². The number of hydrogen-bond donors (Lipinski definition) is 3. The molecule has 0 spiro atoms. The number of benzene rings is 1. The number of sulfonamides is 1. The summed E-state index contributed by atoms with van der Waals surface area (Å²) in [6.45, 7) is 0. The first-order chi connectivity index (χ1) is 8.85. The van der Waals surface area contributed by atoms with Crippen LogP contribution in [-0.2, 0) is 10.0 Å². The number of H-pyrrole nitrogens is 1. The smallest absolute Gasteiger partial charge is 0.293 e. The summed E-state index contributed by atoms with van der Waals surface area (Å²) in [4.78, 5) is 17.5. The topological polar surface area (TPSA) is 112 Å². The molecule has 0 saturated heterocycles. The van der Waals surface area contributed by atoms with Gasteiger partial charge in [-0.2, -0.15) is 0 Å². The lowest BCUT2D eigenvalue weighted by atomic mass is 10.2. The molecule has 0 saturated carbocycles. The van der Waals surface area contributed by atoms with Crippen molar-refractivity contribution >= 4 is 15.7 Å². The van der Waals surface area contributed by atoms with Crippen molar-refractivity contribution in [3.05, 3.63) is 40.8 Å². The molecule has 0 unspecified atom stereocenters. The van der Waals surface area contributed by atoms with Gasteiger partial charge >= 0.3 is 0 Å². The van der Waals surface area contributed by atoms with Gasteiger partial charge in [0.05, 0.1) is 12.5 Å². The lowest BCUT2D eigenvalue weighted by Gasteiger charge is -2.06. The van der Waals surface area contributed by atoms with Crippen LogP contribution in [0.4, 0.5) is 5.69 Å². The van der Waals surface area contributed by atoms with Crippen LogP contribution in [0.15, 0.2) is 35.3 Å². The fraction of sp³-hybridized carbons (Fsp3) is 0.0909. The van der Waals surface area contributed by atoms with E-state index >= 15 is 0 Å². The molecule has 100 valence electrons. The van der Waals surface area contributed by atoms with Crippen molar-refractivity contribution in [1.29, 1.82) is 0 Å². The van der Waals surface area contributed by atoms with Gasteiger partial charge in [-0.3, -0.25) is 9.52 Å². The Hall–Kier alpha value is -2.35. The Balaban J connectivity index is 2.43. The van der Waals surface area contributed by atoms with Crippen LogP contribution in [-0.4, -0.2) is 29.7 Å². The molecule has 0 fully saturated rings. The predicted octanol–water partition coefficient (Wildman–Crippen LogP) is 0.514. The van der Waals surface area contributed by atoms with E-state index in [9.17, 15) is 13.2 Å². The van der Waals surface area contributed by atoms with Crippen LogP contribution in [0, 0.1) is 0 Å². The first-order valence-electron chi connectivity index (χ1n) is 5.22. The van der Waals surface area contributed by atoms with Crippen molar-refractivity contribution in [1.82, 2.24) is 9.97 Å². The minimum atomic E-state index is -3.37. The second kappa shape index (κ2) is 4.73. The highest BCUT2D eigenvalue weighted by molar-refractivity contribution is 7.92. The summed E-state index contributed by atoms with van der Waals surface area (Å²) < 4.78 is 24.6. The molecule has 0 atom stereocenters. The van der Waals surface area contributed by atoms with Gasteiger partial charge in [-0.15, -0.1) is 0 Å². The third kappa shape index (κ3) is 3.32. The summed E-state index contributed by atoms with van der Waals surface area (Å²) in [5, 5.41) is 9.10. The lowest BCUT2D eigenvalue weighted by molar-refractivity contribution is 0.463. The fourth-order valence-electron chi connectivity index (χ4n) is 1.48. The average molecular weight is 281 g/mol. The van der Waals surface area contributed by atoms with Crippen LogP contribution in [0.5, 0.6) is 5.75 Å². The Bertz CT molecular complexity index is 768. The minimum absolute atomic E-state index is 0.236. The first kappa shape index (κ1) is 13.1. The van der Waals surface area contributed by atoms with E-state index in [1.54, 1.807) is 18.2 Å². The van der Waals surface area contributed by atoms with Crippen molar-refractivity contribution in [2.75, 3.05) is 11.0 Å². The molecule has 8 heteroatoms. The summed E-state index contributed by atoms with van der Waals surface area (Å²) in [6.07, 6.45) is 2.07. The molecule has 0 aliphatic heterocycles. The van der Waals surface area contributed by atoms with Crippen LogP contribution in [0.25, 0.3) is 11.4 Å². The number of nitrogens with zero attached hydrogens (tertiary/aromatic N) is 1. The van der Waals surface area contributed by atoms with E-state index in [4.69, 9.17) is 5.11 Å². The molecule has 0 bridgehead atoms. The third-order valence-corrected chi connectivity index (χ3v) is 2.83. The number of aromatic hydroxyl groups is 1. The third-order valence-electron chi connectivity index (χ3n) is 2.22. The highest BCUT2D eigenvalue weighted by Gasteiger charge is 2.06. The monoisotopic (exact) mass is 281 g/mol. The van der Waals surface area contributed by atoms with Gasteiger partial charge in [-0.05, 0) is 12.1 Å². The second-order valence-corrected chi connectivity index (χ2v) is 5.65. The number of aromatic amines is 1. The Morgan fingerprint density at radius 2 is 2.11 bits per heavy atom. The molecule has 0 aliphatic carbocycles. The molecule has 2 aromatic rings. The van der Waals surface area contributed by atoms with Crippen LogP contribution in [0.3, 0.4) is 0 Å². The average Bonchev–Trinajstić information content (AvgIpc) is 2.31. The maximum absolute atomic E-state index is 11.3. The van der Waals surface area contributed by atoms with Gasteiger partial charge in [-0.25, -0.2) is 13.4 Å². The largest absolute Gasteiger partial charge is 0.502 e. The van der Waals surface area contributed by atoms with Crippen molar-refractivity contribution in [3.8, 4) is 17.1 Å². The predicted molar refractivity (Wildman–Crippen MR) is 70.4 cm³/mol. The van der Waals surface area contributed by atoms with Crippen molar-refractivity contribution in [2.24, 2.45) is 0 Å². The van der Waals surface area contributed by atoms with E-state index < -0.39 is 21.3 Å². The molecule has 0 amide bonds. The molecule has 0 radical (unpaired) electrons. The van der Waals surface area contributed by atoms with E-state index in [1.807, 2.05) is 0 Å². The van der Waals surface area contributed by atoms with E-state index in [2.05, 4.69) is 14.7 Å². The van der Waals surface area contributed by atoms with Crippen molar-refractivity contribution in [2.45, 2.75) is 0 Å². The van der Waals surface area contributed by atoms with Gasteiger partial charge in [0.15, 0.2) is 5.75 Å². The second-order valence-electron chi connectivity index (χ2n) is 3.90. The lowest BCUT2D eigenvalue weighted by Crippen LogP contribution is -2.10. The van der Waals surface area contributed by atoms with E-state index in [0.717, 1.165) is 12.5 Å². The van der Waals surface area contributed by atoms with Crippen LogP contribution in [0.1, 0.15) is 0 Å². The normalized spacial score (nSPS) is 11.2. The zero-order valence-electron chi connectivity index (χ0n) is 9.91. The molecule has 1 aromatic carbocycles. The summed E-state index contributed by atoms with van der Waals surface area (Å²) in [6, 6.07) is 6.37. The maximum Gasteiger partial charge on any atom is 0.293 e. The van der Waals surface area contributed by atoms with E-state index in [1.165, 1.54) is 6.07 Å². The number of anilines is 1. The van der Waals surface area contributed by atoms with Gasteiger partial charge in [0, 0.05) is 11.3 Å². The van der Waals surface area contributed by atoms with Gasteiger partial charge in [0.2, 0.25) is 10.0 Å². The standard InChI is InChI=1S/C11H11N3O4S/c1-19(17,18)14-8-4-2-3-7(5-8)10-12-6-9(15)11(16)13-10/h2-6,14-15H,1H3,(H,12,13,16). The highest BCUT2D eigenvalue weighted by atomic mass is 32.2. The number of nitrogens with one attached hydrogen (secondary N) is 2. The summed E-state index contributed by atoms with van der Waals surface area (Å²) in [5.41, 5.74) is 0.216. The summed E-state index contributed by atoms with van der Waals surface area (Å²) in [7, 11) is -3.37. The molecule has 3 N–H and O–H groups in total. The summed E-state index contributed by atoms with van der Waals surface area (Å²) in [5.74, 6) is -0.242. The van der Waals surface area contributed by atoms with Crippen molar-refractivity contribution in [3.63, 3.8) is 0 Å². The molecular formula is C11H11N3O4S. The van der Waals surface area contributed by atoms with Gasteiger partial charge in [0.25, 0.3) is 5.56 Å². The first-order valence-corrected chi connectivity index (χ1v) is 7.11. The van der Waals surface area contributed by atoms with Gasteiger partial charge < -0.3 is 10.1 Å². The van der Waals surface area contributed by atoms with Gasteiger partial charge in [0.1, 0.15) is 5.82 Å². The quantitative estimate of drug-likeness (QED) is 0.759. The number of aromatic nitrogens is 2. The molecule has 0 aliphatic rings. The van der Waals surface area contributed by atoms with Crippen LogP contribution < -0.4 is 10.3 Å². The fourth-order valence-corrected chi connectivity index (χ4v) is 2.03. The Kier molecular flexibility index (Phi) is 3.26. The minimum Gasteiger partial charge on any atom is -0.502 e. The molecule has 1 heterocycles. The van der Waals surface area contributed by atoms with Crippen LogP contribution in [0.2, 0.25) is 0 Å². The molecule has 19 heavy (non-hydrogen) atoms. The van der Waals surface area contributed by atoms with Crippen LogP contribution >= 0.6 is 0 Å². The Morgan fingerprint density at radius 1 is 1.37 bits per heavy atom. The van der Waals surface area contributed by atoms with E-state index in [-0.39, 0.29) is 5.82 Å². The molecule has 2 rings (SSSR count). The maximum atomic E-state index is 11.3. The molecular weight excluding hydrogens is 270 g/mol. The zero-order chi connectivity index (χ0) is 14.0. The van der Waals surface area contributed by atoms with E-state index in [0.29, 0.717) is 11.3 Å². The number of rotatable bonds is 3. The highest BCUT2D eigenvalue weighted by Crippen LogP contribution is 2.19. The SMILES string of the molecule is CS(=O)(=O)Nc1cccc(-c2ncc(O)c(=O)[nH]2)c1. The summed E-state index contributed by atoms with van der Waals surface area (Å²) >= 11 is 0. The molecule has 7 nitrogen and oxygen atoms in total. The Morgan fingerprint density at radius 3 is 2.74 bits per heavy atom.